The largest absolute Gasteiger partial charge is 0.384 e. The van der Waals surface area contributed by atoms with Crippen LogP contribution in [0.25, 0.3) is 0 Å². The van der Waals surface area contributed by atoms with Crippen LogP contribution in [-0.2, 0) is 4.74 Å². The third-order valence-corrected chi connectivity index (χ3v) is 2.34. The molecule has 0 fully saturated rings. The smallest absolute Gasteiger partial charge is 0.0488 e. The molecule has 2 nitrogen and oxygen atoms in total. The summed E-state index contributed by atoms with van der Waals surface area (Å²) in [5.41, 5.74) is 7.27. The van der Waals surface area contributed by atoms with Gasteiger partial charge < -0.3 is 10.5 Å². The summed E-state index contributed by atoms with van der Waals surface area (Å²) in [5.74, 6) is 0.509. The van der Waals surface area contributed by atoms with Gasteiger partial charge in [-0.1, -0.05) is 37.3 Å². The Morgan fingerprint density at radius 3 is 2.50 bits per heavy atom. The average Bonchev–Trinajstić information content (AvgIpc) is 2.19. The number of nitrogens with two attached hydrogens (primary N) is 1. The van der Waals surface area contributed by atoms with Gasteiger partial charge in [-0.3, -0.25) is 0 Å². The summed E-state index contributed by atoms with van der Waals surface area (Å²) in [7, 11) is 1.73. The van der Waals surface area contributed by atoms with Gasteiger partial charge in [0.05, 0.1) is 0 Å². The van der Waals surface area contributed by atoms with Gasteiger partial charge in [-0.05, 0) is 17.9 Å². The second-order valence-corrected chi connectivity index (χ2v) is 3.81. The van der Waals surface area contributed by atoms with Crippen molar-refractivity contribution in [3.8, 4) is 0 Å². The van der Waals surface area contributed by atoms with Gasteiger partial charge in [0.1, 0.15) is 0 Å². The first-order valence-corrected chi connectivity index (χ1v) is 5.03. The van der Waals surface area contributed by atoms with Crippen molar-refractivity contribution in [3.05, 3.63) is 35.9 Å². The summed E-state index contributed by atoms with van der Waals surface area (Å²) in [6.45, 7) is 2.94. The monoisotopic (exact) mass is 193 g/mol. The molecule has 2 atom stereocenters. The first-order chi connectivity index (χ1) is 6.74. The molecule has 0 aliphatic heterocycles. The summed E-state index contributed by atoms with van der Waals surface area (Å²) < 4.78 is 5.08. The summed E-state index contributed by atoms with van der Waals surface area (Å²) in [4.78, 5) is 0. The molecule has 0 aliphatic carbocycles. The lowest BCUT2D eigenvalue weighted by Crippen LogP contribution is -2.16. The van der Waals surface area contributed by atoms with E-state index in [1.165, 1.54) is 5.56 Å². The van der Waals surface area contributed by atoms with E-state index in [0.29, 0.717) is 5.92 Å². The van der Waals surface area contributed by atoms with Gasteiger partial charge in [0.25, 0.3) is 0 Å². The molecule has 0 amide bonds. The minimum Gasteiger partial charge on any atom is -0.384 e. The molecule has 2 unspecified atom stereocenters. The zero-order valence-corrected chi connectivity index (χ0v) is 8.94. The van der Waals surface area contributed by atoms with Crippen molar-refractivity contribution in [1.82, 2.24) is 0 Å². The lowest BCUT2D eigenvalue weighted by molar-refractivity contribution is 0.152. The highest BCUT2D eigenvalue weighted by molar-refractivity contribution is 5.18. The molecule has 1 aromatic rings. The van der Waals surface area contributed by atoms with Crippen LogP contribution in [0.3, 0.4) is 0 Å². The number of benzene rings is 1. The van der Waals surface area contributed by atoms with E-state index < -0.39 is 0 Å². The van der Waals surface area contributed by atoms with Crippen molar-refractivity contribution in [2.45, 2.75) is 19.4 Å². The lowest BCUT2D eigenvalue weighted by atomic mass is 9.97. The van der Waals surface area contributed by atoms with Crippen LogP contribution in [0.1, 0.15) is 24.9 Å². The van der Waals surface area contributed by atoms with E-state index in [1.54, 1.807) is 7.11 Å². The number of ether oxygens (including phenoxy) is 1. The molecule has 0 bridgehead atoms. The Labute approximate surface area is 86.1 Å². The molecule has 0 aromatic heterocycles. The second-order valence-electron chi connectivity index (χ2n) is 3.81. The van der Waals surface area contributed by atoms with Gasteiger partial charge in [-0.15, -0.1) is 0 Å². The molecule has 14 heavy (non-hydrogen) atoms. The SMILES string of the molecule is COCC(C)CC(N)c1ccccc1. The Balaban J connectivity index is 2.46. The van der Waals surface area contributed by atoms with E-state index in [0.717, 1.165) is 13.0 Å². The molecular formula is C12H19NO. The Morgan fingerprint density at radius 2 is 1.93 bits per heavy atom. The predicted octanol–water partition coefficient (Wildman–Crippen LogP) is 2.36. The zero-order valence-electron chi connectivity index (χ0n) is 8.94. The molecule has 2 heteroatoms. The fraction of sp³-hybridized carbons (Fsp3) is 0.500. The molecule has 0 saturated heterocycles. The average molecular weight is 193 g/mol. The molecule has 1 rings (SSSR count). The molecule has 1 aromatic carbocycles. The molecule has 0 heterocycles. The third kappa shape index (κ3) is 3.48. The molecule has 78 valence electrons. The summed E-state index contributed by atoms with van der Waals surface area (Å²) in [5, 5.41) is 0. The van der Waals surface area contributed by atoms with Gasteiger partial charge in [0, 0.05) is 19.8 Å². The normalized spacial score (nSPS) is 15.1. The van der Waals surface area contributed by atoms with Gasteiger partial charge in [0.15, 0.2) is 0 Å². The Bertz CT molecular complexity index is 248. The quantitative estimate of drug-likeness (QED) is 0.779. The van der Waals surface area contributed by atoms with Crippen molar-refractivity contribution in [2.24, 2.45) is 11.7 Å². The number of hydrogen-bond donors (Lipinski definition) is 1. The second kappa shape index (κ2) is 5.78. The molecule has 0 radical (unpaired) electrons. The standard InChI is InChI=1S/C12H19NO/c1-10(9-14-2)8-12(13)11-6-4-3-5-7-11/h3-7,10,12H,8-9,13H2,1-2H3. The maximum Gasteiger partial charge on any atom is 0.0488 e. The number of hydrogen-bond acceptors (Lipinski definition) is 2. The van der Waals surface area contributed by atoms with E-state index in [-0.39, 0.29) is 6.04 Å². The van der Waals surface area contributed by atoms with Crippen molar-refractivity contribution >= 4 is 0 Å². The van der Waals surface area contributed by atoms with Crippen molar-refractivity contribution in [3.63, 3.8) is 0 Å². The highest BCUT2D eigenvalue weighted by atomic mass is 16.5. The third-order valence-electron chi connectivity index (χ3n) is 2.34. The Hall–Kier alpha value is -0.860. The molecule has 2 N–H and O–H groups in total. The summed E-state index contributed by atoms with van der Waals surface area (Å²) in [6.07, 6.45) is 0.970. The highest BCUT2D eigenvalue weighted by Crippen LogP contribution is 2.18. The van der Waals surface area contributed by atoms with Gasteiger partial charge >= 0.3 is 0 Å². The molecular weight excluding hydrogens is 174 g/mol. The van der Waals surface area contributed by atoms with E-state index >= 15 is 0 Å². The van der Waals surface area contributed by atoms with E-state index in [4.69, 9.17) is 10.5 Å². The molecule has 0 saturated carbocycles. The number of rotatable bonds is 5. The molecule has 0 spiro atoms. The van der Waals surface area contributed by atoms with E-state index in [2.05, 4.69) is 19.1 Å². The minimum atomic E-state index is 0.126. The van der Waals surface area contributed by atoms with Crippen LogP contribution in [0.4, 0.5) is 0 Å². The fourth-order valence-electron chi connectivity index (χ4n) is 1.62. The number of methoxy groups -OCH3 is 1. The van der Waals surface area contributed by atoms with Crippen molar-refractivity contribution in [1.29, 1.82) is 0 Å². The van der Waals surface area contributed by atoms with Crippen LogP contribution in [-0.4, -0.2) is 13.7 Å². The van der Waals surface area contributed by atoms with Crippen molar-refractivity contribution < 1.29 is 4.74 Å². The Kier molecular flexibility index (Phi) is 4.63. The summed E-state index contributed by atoms with van der Waals surface area (Å²) >= 11 is 0. The van der Waals surface area contributed by atoms with Gasteiger partial charge in [-0.25, -0.2) is 0 Å². The van der Waals surface area contributed by atoms with Crippen LogP contribution in [0.5, 0.6) is 0 Å². The first-order valence-electron chi connectivity index (χ1n) is 5.03. The maximum absolute atomic E-state index is 6.07. The van der Waals surface area contributed by atoms with E-state index in [9.17, 15) is 0 Å². The Morgan fingerprint density at radius 1 is 1.29 bits per heavy atom. The topological polar surface area (TPSA) is 35.2 Å². The predicted molar refractivity (Wildman–Crippen MR) is 59.0 cm³/mol. The van der Waals surface area contributed by atoms with Crippen LogP contribution in [0, 0.1) is 5.92 Å². The molecule has 0 aliphatic rings. The summed E-state index contributed by atoms with van der Waals surface area (Å²) in [6, 6.07) is 10.3. The van der Waals surface area contributed by atoms with Gasteiger partial charge in [-0.2, -0.15) is 0 Å². The van der Waals surface area contributed by atoms with Crippen LogP contribution >= 0.6 is 0 Å². The maximum atomic E-state index is 6.07. The van der Waals surface area contributed by atoms with Crippen LogP contribution in [0.2, 0.25) is 0 Å². The highest BCUT2D eigenvalue weighted by Gasteiger charge is 2.10. The van der Waals surface area contributed by atoms with Crippen molar-refractivity contribution in [2.75, 3.05) is 13.7 Å². The lowest BCUT2D eigenvalue weighted by Gasteiger charge is -2.16. The minimum absolute atomic E-state index is 0.126. The van der Waals surface area contributed by atoms with Gasteiger partial charge in [0.2, 0.25) is 0 Å². The zero-order chi connectivity index (χ0) is 10.4. The fourth-order valence-corrected chi connectivity index (χ4v) is 1.62. The first kappa shape index (κ1) is 11.2. The van der Waals surface area contributed by atoms with Crippen LogP contribution < -0.4 is 5.73 Å². The van der Waals surface area contributed by atoms with E-state index in [1.807, 2.05) is 18.2 Å². The van der Waals surface area contributed by atoms with Crippen LogP contribution in [0.15, 0.2) is 30.3 Å².